The molecule has 0 aromatic rings. The standard InChI is InChI=1S/C27H48O4/c1-18(2)14-22(15-19(3)4)30-25(28)24-12-10-11-13-27(24,9)26(29)31-23(16-20(5)6)17-21(7)8/h10-11,18-24H,12-17H2,1-9H3. The summed E-state index contributed by atoms with van der Waals surface area (Å²) in [6.45, 7) is 19.1. The molecule has 0 radical (unpaired) electrons. The molecular formula is C27H48O4. The normalized spacial score (nSPS) is 21.7. The van der Waals surface area contributed by atoms with Crippen molar-refractivity contribution in [2.24, 2.45) is 35.0 Å². The Morgan fingerprint density at radius 1 is 0.774 bits per heavy atom. The van der Waals surface area contributed by atoms with Crippen molar-refractivity contribution in [2.45, 2.75) is 113 Å². The highest BCUT2D eigenvalue weighted by Crippen LogP contribution is 2.41. The Kier molecular flexibility index (Phi) is 11.3. The smallest absolute Gasteiger partial charge is 0.313 e. The van der Waals surface area contributed by atoms with E-state index in [1.165, 1.54) is 0 Å². The van der Waals surface area contributed by atoms with Gasteiger partial charge in [-0.3, -0.25) is 9.59 Å². The molecule has 0 aromatic carbocycles. The van der Waals surface area contributed by atoms with E-state index in [1.54, 1.807) is 0 Å². The maximum Gasteiger partial charge on any atom is 0.313 e. The Hall–Kier alpha value is -1.32. The topological polar surface area (TPSA) is 52.6 Å². The predicted octanol–water partition coefficient (Wildman–Crippen LogP) is 6.97. The van der Waals surface area contributed by atoms with Gasteiger partial charge in [-0.2, -0.15) is 0 Å². The van der Waals surface area contributed by atoms with Crippen molar-refractivity contribution in [3.8, 4) is 0 Å². The molecule has 4 heteroatoms. The number of ether oxygens (including phenoxy) is 2. The van der Waals surface area contributed by atoms with Gasteiger partial charge in [0.2, 0.25) is 0 Å². The van der Waals surface area contributed by atoms with E-state index in [-0.39, 0.29) is 24.1 Å². The second kappa shape index (κ2) is 12.6. The van der Waals surface area contributed by atoms with Gasteiger partial charge in [0.1, 0.15) is 12.2 Å². The number of carbonyl (C=O) groups is 2. The van der Waals surface area contributed by atoms with Gasteiger partial charge in [0.25, 0.3) is 0 Å². The van der Waals surface area contributed by atoms with Crippen LogP contribution in [0.5, 0.6) is 0 Å². The molecule has 0 aromatic heterocycles. The summed E-state index contributed by atoms with van der Waals surface area (Å²) in [5.41, 5.74) is -0.877. The van der Waals surface area contributed by atoms with E-state index in [4.69, 9.17) is 9.47 Å². The van der Waals surface area contributed by atoms with Crippen LogP contribution in [-0.4, -0.2) is 24.1 Å². The van der Waals surface area contributed by atoms with Crippen LogP contribution in [0.1, 0.15) is 101 Å². The fourth-order valence-electron chi connectivity index (χ4n) is 4.57. The summed E-state index contributed by atoms with van der Waals surface area (Å²) in [5.74, 6) is 0.798. The molecule has 0 bridgehead atoms. The van der Waals surface area contributed by atoms with Crippen molar-refractivity contribution in [2.75, 3.05) is 0 Å². The van der Waals surface area contributed by atoms with Gasteiger partial charge in [-0.25, -0.2) is 0 Å². The quantitative estimate of drug-likeness (QED) is 0.245. The first-order valence-corrected chi connectivity index (χ1v) is 12.4. The van der Waals surface area contributed by atoms with Gasteiger partial charge >= 0.3 is 11.9 Å². The molecule has 2 unspecified atom stereocenters. The summed E-state index contributed by atoms with van der Waals surface area (Å²) in [7, 11) is 0. The largest absolute Gasteiger partial charge is 0.462 e. The SMILES string of the molecule is CC(C)CC(CC(C)C)OC(=O)C1CC=CCC1(C)C(=O)OC(CC(C)C)CC(C)C. The summed E-state index contributed by atoms with van der Waals surface area (Å²) in [4.78, 5) is 26.7. The molecule has 1 aliphatic carbocycles. The second-order valence-electron chi connectivity index (χ2n) is 11.5. The summed E-state index contributed by atoms with van der Waals surface area (Å²) in [5, 5.41) is 0. The molecule has 0 fully saturated rings. The lowest BCUT2D eigenvalue weighted by atomic mass is 9.70. The number of carbonyl (C=O) groups excluding carboxylic acids is 2. The molecule has 180 valence electrons. The lowest BCUT2D eigenvalue weighted by molar-refractivity contribution is -0.176. The molecule has 0 amide bonds. The molecule has 0 heterocycles. The minimum absolute atomic E-state index is 0.103. The predicted molar refractivity (Wildman–Crippen MR) is 128 cm³/mol. The van der Waals surface area contributed by atoms with Crippen LogP contribution in [0.4, 0.5) is 0 Å². The van der Waals surface area contributed by atoms with Crippen LogP contribution >= 0.6 is 0 Å². The third kappa shape index (κ3) is 9.37. The molecule has 0 saturated heterocycles. The molecule has 4 nitrogen and oxygen atoms in total. The zero-order valence-electron chi connectivity index (χ0n) is 21.6. The van der Waals surface area contributed by atoms with E-state index in [0.29, 0.717) is 36.5 Å². The molecule has 2 atom stereocenters. The lowest BCUT2D eigenvalue weighted by Crippen LogP contribution is -2.45. The maximum atomic E-state index is 13.4. The first-order valence-electron chi connectivity index (χ1n) is 12.4. The van der Waals surface area contributed by atoms with E-state index in [0.717, 1.165) is 25.7 Å². The van der Waals surface area contributed by atoms with Gasteiger partial charge in [-0.15, -0.1) is 0 Å². The zero-order chi connectivity index (χ0) is 23.8. The molecule has 1 rings (SSSR count). The highest BCUT2D eigenvalue weighted by atomic mass is 16.6. The van der Waals surface area contributed by atoms with Gasteiger partial charge in [-0.05, 0) is 69.1 Å². The summed E-state index contributed by atoms with van der Waals surface area (Å²) in [6.07, 6.45) is 8.21. The van der Waals surface area contributed by atoms with Gasteiger partial charge < -0.3 is 9.47 Å². The summed E-state index contributed by atoms with van der Waals surface area (Å²) in [6, 6.07) is 0. The fraction of sp³-hybridized carbons (Fsp3) is 0.852. The molecule has 0 spiro atoms. The Labute approximate surface area is 191 Å². The van der Waals surface area contributed by atoms with E-state index in [9.17, 15) is 9.59 Å². The Balaban J connectivity index is 2.99. The molecular weight excluding hydrogens is 388 g/mol. The lowest BCUT2D eigenvalue weighted by Gasteiger charge is -2.37. The van der Waals surface area contributed by atoms with E-state index in [2.05, 4.69) is 55.4 Å². The molecule has 0 aliphatic heterocycles. The highest BCUT2D eigenvalue weighted by molar-refractivity contribution is 5.86. The molecule has 1 aliphatic rings. The number of rotatable bonds is 12. The Morgan fingerprint density at radius 2 is 1.19 bits per heavy atom. The molecule has 0 saturated carbocycles. The van der Waals surface area contributed by atoms with Crippen molar-refractivity contribution in [3.05, 3.63) is 12.2 Å². The average Bonchev–Trinajstić information content (AvgIpc) is 2.59. The third-order valence-corrected chi connectivity index (χ3v) is 6.09. The summed E-state index contributed by atoms with van der Waals surface area (Å²) >= 11 is 0. The van der Waals surface area contributed by atoms with Gasteiger partial charge in [0, 0.05) is 0 Å². The number of hydrogen-bond acceptors (Lipinski definition) is 4. The highest BCUT2D eigenvalue weighted by Gasteiger charge is 2.48. The monoisotopic (exact) mass is 436 g/mol. The van der Waals surface area contributed by atoms with Crippen LogP contribution in [0.15, 0.2) is 12.2 Å². The van der Waals surface area contributed by atoms with Crippen LogP contribution in [0.25, 0.3) is 0 Å². The minimum Gasteiger partial charge on any atom is -0.462 e. The maximum absolute atomic E-state index is 13.4. The third-order valence-electron chi connectivity index (χ3n) is 6.09. The van der Waals surface area contributed by atoms with E-state index >= 15 is 0 Å². The number of esters is 2. The van der Waals surface area contributed by atoms with Crippen LogP contribution in [0.2, 0.25) is 0 Å². The first-order chi connectivity index (χ1) is 14.3. The van der Waals surface area contributed by atoms with Gasteiger partial charge in [0.15, 0.2) is 0 Å². The van der Waals surface area contributed by atoms with Crippen molar-refractivity contribution in [1.29, 1.82) is 0 Å². The second-order valence-corrected chi connectivity index (χ2v) is 11.5. The number of hydrogen-bond donors (Lipinski definition) is 0. The first kappa shape index (κ1) is 27.7. The van der Waals surface area contributed by atoms with Crippen LogP contribution < -0.4 is 0 Å². The fourth-order valence-corrected chi connectivity index (χ4v) is 4.57. The van der Waals surface area contributed by atoms with Crippen molar-refractivity contribution >= 4 is 11.9 Å². The van der Waals surface area contributed by atoms with Crippen LogP contribution in [0.3, 0.4) is 0 Å². The van der Waals surface area contributed by atoms with E-state index < -0.39 is 11.3 Å². The van der Waals surface area contributed by atoms with E-state index in [1.807, 2.05) is 19.1 Å². The van der Waals surface area contributed by atoms with Crippen molar-refractivity contribution < 1.29 is 19.1 Å². The molecule has 31 heavy (non-hydrogen) atoms. The van der Waals surface area contributed by atoms with Gasteiger partial charge in [0.05, 0.1) is 11.3 Å². The van der Waals surface area contributed by atoms with Crippen LogP contribution in [-0.2, 0) is 19.1 Å². The van der Waals surface area contributed by atoms with Crippen molar-refractivity contribution in [1.82, 2.24) is 0 Å². The average molecular weight is 437 g/mol. The van der Waals surface area contributed by atoms with Gasteiger partial charge in [-0.1, -0.05) is 67.5 Å². The number of allylic oxidation sites excluding steroid dienone is 2. The van der Waals surface area contributed by atoms with Crippen molar-refractivity contribution in [3.63, 3.8) is 0 Å². The Bertz CT molecular complexity index is 570. The minimum atomic E-state index is -0.877. The summed E-state index contributed by atoms with van der Waals surface area (Å²) < 4.78 is 12.1. The Morgan fingerprint density at radius 3 is 1.61 bits per heavy atom. The zero-order valence-corrected chi connectivity index (χ0v) is 21.6. The van der Waals surface area contributed by atoms with Crippen LogP contribution in [0, 0.1) is 35.0 Å². The molecule has 0 N–H and O–H groups in total.